The van der Waals surface area contributed by atoms with Gasteiger partial charge in [-0.25, -0.2) is 0 Å². The van der Waals surface area contributed by atoms with Gasteiger partial charge < -0.3 is 9.80 Å². The van der Waals surface area contributed by atoms with Crippen molar-refractivity contribution >= 4 is 17.9 Å². The summed E-state index contributed by atoms with van der Waals surface area (Å²) in [4.78, 5) is 28.7. The standard InChI is InChI=1S/C23H24N2O2/c1-17(26)25-15-20-14-24(22(27)13-12-18-8-4-2-5-9-18)16-21(20)23(25)19-10-6-3-7-11-19/h2-13,20-21,23H,14-16H2,1H3/t20-,21-,23-/m1/s1. The number of nitrogens with zero attached hydrogens (tertiary/aromatic N) is 2. The number of likely N-dealkylation sites (tertiary alicyclic amines) is 2. The van der Waals surface area contributed by atoms with E-state index in [-0.39, 0.29) is 17.9 Å². The van der Waals surface area contributed by atoms with Gasteiger partial charge in [0.2, 0.25) is 11.8 Å². The lowest BCUT2D eigenvalue weighted by atomic mass is 9.89. The summed E-state index contributed by atoms with van der Waals surface area (Å²) in [5.41, 5.74) is 2.18. The van der Waals surface area contributed by atoms with Gasteiger partial charge in [0.25, 0.3) is 0 Å². The summed E-state index contributed by atoms with van der Waals surface area (Å²) < 4.78 is 0. The van der Waals surface area contributed by atoms with Crippen molar-refractivity contribution in [2.24, 2.45) is 11.8 Å². The SMILES string of the molecule is CC(=O)N1C[C@H]2CN(C(=O)C=Cc3ccccc3)C[C@H]2[C@H]1c1ccccc1. The smallest absolute Gasteiger partial charge is 0.246 e. The highest BCUT2D eigenvalue weighted by Gasteiger charge is 2.49. The Balaban J connectivity index is 1.50. The molecule has 0 aliphatic carbocycles. The Labute approximate surface area is 160 Å². The molecule has 138 valence electrons. The fraction of sp³-hybridized carbons (Fsp3) is 0.304. The molecule has 2 aromatic rings. The van der Waals surface area contributed by atoms with Gasteiger partial charge in [0.15, 0.2) is 0 Å². The Bertz CT molecular complexity index is 847. The lowest BCUT2D eigenvalue weighted by molar-refractivity contribution is -0.130. The zero-order chi connectivity index (χ0) is 18.8. The first-order chi connectivity index (χ1) is 13.1. The number of carbonyl (C=O) groups excluding carboxylic acids is 2. The van der Waals surface area contributed by atoms with Crippen molar-refractivity contribution in [2.75, 3.05) is 19.6 Å². The molecule has 0 radical (unpaired) electrons. The van der Waals surface area contributed by atoms with Crippen molar-refractivity contribution < 1.29 is 9.59 Å². The van der Waals surface area contributed by atoms with E-state index < -0.39 is 0 Å². The zero-order valence-corrected chi connectivity index (χ0v) is 15.5. The van der Waals surface area contributed by atoms with Crippen LogP contribution in [0.15, 0.2) is 66.7 Å². The van der Waals surface area contributed by atoms with Crippen LogP contribution < -0.4 is 0 Å². The summed E-state index contributed by atoms with van der Waals surface area (Å²) >= 11 is 0. The van der Waals surface area contributed by atoms with Crippen molar-refractivity contribution in [2.45, 2.75) is 13.0 Å². The predicted molar refractivity (Wildman–Crippen MR) is 106 cm³/mol. The van der Waals surface area contributed by atoms with Gasteiger partial charge in [-0.15, -0.1) is 0 Å². The quantitative estimate of drug-likeness (QED) is 0.788. The van der Waals surface area contributed by atoms with Crippen LogP contribution in [0.3, 0.4) is 0 Å². The van der Waals surface area contributed by atoms with E-state index in [0.717, 1.165) is 24.2 Å². The summed E-state index contributed by atoms with van der Waals surface area (Å²) in [5.74, 6) is 0.799. The maximum Gasteiger partial charge on any atom is 0.246 e. The summed E-state index contributed by atoms with van der Waals surface area (Å²) in [7, 11) is 0. The first-order valence-electron chi connectivity index (χ1n) is 9.47. The van der Waals surface area contributed by atoms with E-state index in [1.54, 1.807) is 13.0 Å². The minimum Gasteiger partial charge on any atom is -0.338 e. The number of hydrogen-bond acceptors (Lipinski definition) is 2. The molecule has 3 atom stereocenters. The molecule has 2 aliphatic rings. The van der Waals surface area contributed by atoms with Crippen LogP contribution in [0.5, 0.6) is 0 Å². The van der Waals surface area contributed by atoms with E-state index in [4.69, 9.17) is 0 Å². The van der Waals surface area contributed by atoms with E-state index in [1.165, 1.54) is 0 Å². The molecule has 2 fully saturated rings. The van der Waals surface area contributed by atoms with Crippen LogP contribution in [-0.2, 0) is 9.59 Å². The molecule has 2 saturated heterocycles. The molecule has 4 rings (SSSR count). The van der Waals surface area contributed by atoms with E-state index in [2.05, 4.69) is 12.1 Å². The van der Waals surface area contributed by atoms with Crippen LogP contribution in [0.1, 0.15) is 24.1 Å². The zero-order valence-electron chi connectivity index (χ0n) is 15.5. The van der Waals surface area contributed by atoms with Gasteiger partial charge in [-0.05, 0) is 17.2 Å². The van der Waals surface area contributed by atoms with Gasteiger partial charge in [0.05, 0.1) is 6.04 Å². The van der Waals surface area contributed by atoms with Gasteiger partial charge in [-0.3, -0.25) is 9.59 Å². The number of amides is 2. The Morgan fingerprint density at radius 2 is 1.59 bits per heavy atom. The van der Waals surface area contributed by atoms with E-state index in [0.29, 0.717) is 18.4 Å². The molecule has 2 aromatic carbocycles. The van der Waals surface area contributed by atoms with Crippen LogP contribution in [0, 0.1) is 11.8 Å². The van der Waals surface area contributed by atoms with Crippen molar-refractivity contribution in [3.63, 3.8) is 0 Å². The highest BCUT2D eigenvalue weighted by atomic mass is 16.2. The molecule has 27 heavy (non-hydrogen) atoms. The van der Waals surface area contributed by atoms with Gasteiger partial charge >= 0.3 is 0 Å². The maximum atomic E-state index is 12.7. The largest absolute Gasteiger partial charge is 0.338 e. The summed E-state index contributed by atoms with van der Waals surface area (Å²) in [6, 6.07) is 20.1. The average Bonchev–Trinajstić information content (AvgIpc) is 3.25. The highest BCUT2D eigenvalue weighted by Crippen LogP contribution is 2.44. The predicted octanol–water partition coefficient (Wildman–Crippen LogP) is 3.38. The number of fused-ring (bicyclic) bond motifs is 1. The molecule has 0 bridgehead atoms. The van der Waals surface area contributed by atoms with Gasteiger partial charge in [-0.1, -0.05) is 60.7 Å². The number of rotatable bonds is 3. The molecule has 0 aromatic heterocycles. The Hall–Kier alpha value is -2.88. The molecule has 2 amide bonds. The average molecular weight is 360 g/mol. The van der Waals surface area contributed by atoms with Crippen LogP contribution >= 0.6 is 0 Å². The Morgan fingerprint density at radius 1 is 0.926 bits per heavy atom. The van der Waals surface area contributed by atoms with Gasteiger partial charge in [0, 0.05) is 44.5 Å². The molecule has 4 heteroatoms. The molecular formula is C23H24N2O2. The van der Waals surface area contributed by atoms with Crippen LogP contribution in [0.2, 0.25) is 0 Å². The lowest BCUT2D eigenvalue weighted by Crippen LogP contribution is -2.35. The molecule has 0 saturated carbocycles. The third-order valence-corrected chi connectivity index (χ3v) is 5.74. The molecule has 0 unspecified atom stereocenters. The van der Waals surface area contributed by atoms with E-state index >= 15 is 0 Å². The van der Waals surface area contributed by atoms with Crippen molar-refractivity contribution in [1.29, 1.82) is 0 Å². The molecule has 2 aliphatic heterocycles. The Morgan fingerprint density at radius 3 is 2.26 bits per heavy atom. The van der Waals surface area contributed by atoms with Crippen molar-refractivity contribution in [3.05, 3.63) is 77.9 Å². The minimum atomic E-state index is 0.0504. The van der Waals surface area contributed by atoms with Crippen molar-refractivity contribution in [3.8, 4) is 0 Å². The maximum absolute atomic E-state index is 12.7. The fourth-order valence-electron chi connectivity index (χ4n) is 4.46. The summed E-state index contributed by atoms with van der Waals surface area (Å²) in [5, 5.41) is 0. The first-order valence-corrected chi connectivity index (χ1v) is 9.47. The van der Waals surface area contributed by atoms with E-state index in [9.17, 15) is 9.59 Å². The number of hydrogen-bond donors (Lipinski definition) is 0. The van der Waals surface area contributed by atoms with Crippen molar-refractivity contribution in [1.82, 2.24) is 9.80 Å². The molecule has 0 spiro atoms. The topological polar surface area (TPSA) is 40.6 Å². The second kappa shape index (κ2) is 7.39. The third-order valence-electron chi connectivity index (χ3n) is 5.74. The summed E-state index contributed by atoms with van der Waals surface area (Å²) in [6.45, 7) is 3.79. The lowest BCUT2D eigenvalue weighted by Gasteiger charge is -2.29. The molecule has 2 heterocycles. The summed E-state index contributed by atoms with van der Waals surface area (Å²) in [6.07, 6.45) is 3.53. The third kappa shape index (κ3) is 3.52. The van der Waals surface area contributed by atoms with Gasteiger partial charge in [0.1, 0.15) is 0 Å². The van der Waals surface area contributed by atoms with Crippen LogP contribution in [-0.4, -0.2) is 41.2 Å². The number of benzene rings is 2. The second-order valence-electron chi connectivity index (χ2n) is 7.44. The minimum absolute atomic E-state index is 0.0504. The highest BCUT2D eigenvalue weighted by molar-refractivity contribution is 5.92. The fourth-order valence-corrected chi connectivity index (χ4v) is 4.46. The number of carbonyl (C=O) groups is 2. The normalized spacial score (nSPS) is 24.4. The van der Waals surface area contributed by atoms with E-state index in [1.807, 2.05) is 64.4 Å². The first kappa shape index (κ1) is 17.5. The molecule has 0 N–H and O–H groups in total. The second-order valence-corrected chi connectivity index (χ2v) is 7.44. The van der Waals surface area contributed by atoms with Crippen LogP contribution in [0.4, 0.5) is 0 Å². The van der Waals surface area contributed by atoms with Gasteiger partial charge in [-0.2, -0.15) is 0 Å². The monoisotopic (exact) mass is 360 g/mol. The van der Waals surface area contributed by atoms with Crippen LogP contribution in [0.25, 0.3) is 6.08 Å². The Kier molecular flexibility index (Phi) is 4.80. The molecule has 4 nitrogen and oxygen atoms in total. The molecular weight excluding hydrogens is 336 g/mol.